The van der Waals surface area contributed by atoms with Gasteiger partial charge < -0.3 is 0 Å². The van der Waals surface area contributed by atoms with Crippen molar-refractivity contribution in [2.45, 2.75) is 26.2 Å². The fourth-order valence-electron chi connectivity index (χ4n) is 2.12. The van der Waals surface area contributed by atoms with Gasteiger partial charge in [-0.2, -0.15) is 5.26 Å². The van der Waals surface area contributed by atoms with Crippen LogP contribution in [0, 0.1) is 11.3 Å². The summed E-state index contributed by atoms with van der Waals surface area (Å²) >= 11 is 0. The Morgan fingerprint density at radius 1 is 1.37 bits per heavy atom. The molecule has 0 bridgehead atoms. The first kappa shape index (κ1) is 13.1. The Labute approximate surface area is 111 Å². The van der Waals surface area contributed by atoms with Crippen molar-refractivity contribution in [3.63, 3.8) is 0 Å². The number of nitriles is 1. The maximum Gasteiger partial charge on any atom is 0.328 e. The summed E-state index contributed by atoms with van der Waals surface area (Å²) in [6.07, 6.45) is 0.277. The third-order valence-electron chi connectivity index (χ3n) is 3.14. The van der Waals surface area contributed by atoms with E-state index < -0.39 is 6.03 Å². The highest BCUT2D eigenvalue weighted by Gasteiger charge is 2.24. The van der Waals surface area contributed by atoms with Crippen LogP contribution in [-0.4, -0.2) is 18.5 Å². The monoisotopic (exact) mass is 257 g/mol. The molecule has 5 heteroatoms. The molecular formula is C14H15N3O2. The van der Waals surface area contributed by atoms with Gasteiger partial charge in [-0.1, -0.05) is 19.9 Å². The Hall–Kier alpha value is -2.35. The largest absolute Gasteiger partial charge is 0.328 e. The van der Waals surface area contributed by atoms with Gasteiger partial charge >= 0.3 is 6.03 Å². The van der Waals surface area contributed by atoms with E-state index in [0.29, 0.717) is 17.8 Å². The molecule has 1 aliphatic rings. The van der Waals surface area contributed by atoms with E-state index in [1.807, 2.05) is 26.0 Å². The van der Waals surface area contributed by atoms with Gasteiger partial charge in [-0.25, -0.2) is 4.79 Å². The minimum absolute atomic E-state index is 0.250. The average Bonchev–Trinajstić information content (AvgIpc) is 2.37. The zero-order valence-electron chi connectivity index (χ0n) is 10.9. The summed E-state index contributed by atoms with van der Waals surface area (Å²) in [5, 5.41) is 11.4. The Bertz CT molecular complexity index is 573. The number of benzene rings is 1. The van der Waals surface area contributed by atoms with Gasteiger partial charge in [0, 0.05) is 18.7 Å². The van der Waals surface area contributed by atoms with E-state index in [2.05, 4.69) is 11.4 Å². The Balaban J connectivity index is 2.34. The van der Waals surface area contributed by atoms with Gasteiger partial charge in [-0.3, -0.25) is 15.0 Å². The molecule has 5 nitrogen and oxygen atoms in total. The molecule has 1 aromatic rings. The van der Waals surface area contributed by atoms with Gasteiger partial charge in [0.2, 0.25) is 5.91 Å². The first-order valence-electron chi connectivity index (χ1n) is 6.18. The van der Waals surface area contributed by atoms with Gasteiger partial charge in [0.15, 0.2) is 0 Å². The van der Waals surface area contributed by atoms with E-state index in [-0.39, 0.29) is 18.2 Å². The molecule has 0 saturated carbocycles. The highest BCUT2D eigenvalue weighted by atomic mass is 16.2. The molecule has 1 N–H and O–H groups in total. The standard InChI is InChI=1S/C14H15N3O2/c1-9(2)12-4-3-11(7-10(12)8-15)17-6-5-13(18)16-14(17)19/h3-4,7,9H,5-6H2,1-2H3,(H,16,18,19). The molecule has 19 heavy (non-hydrogen) atoms. The van der Waals surface area contributed by atoms with Crippen LogP contribution in [0.15, 0.2) is 18.2 Å². The van der Waals surface area contributed by atoms with Crippen molar-refractivity contribution < 1.29 is 9.59 Å². The van der Waals surface area contributed by atoms with Crippen LogP contribution in [0.5, 0.6) is 0 Å². The summed E-state index contributed by atoms with van der Waals surface area (Å²) < 4.78 is 0. The summed E-state index contributed by atoms with van der Waals surface area (Å²) in [6, 6.07) is 7.10. The van der Waals surface area contributed by atoms with Crippen molar-refractivity contribution in [3.8, 4) is 6.07 Å². The summed E-state index contributed by atoms with van der Waals surface area (Å²) in [5.74, 6) is -0.0129. The van der Waals surface area contributed by atoms with Crippen LogP contribution < -0.4 is 10.2 Å². The summed E-state index contributed by atoms with van der Waals surface area (Å²) in [7, 11) is 0. The molecule has 2 rings (SSSR count). The molecule has 1 heterocycles. The number of carbonyl (C=O) groups is 2. The second-order valence-electron chi connectivity index (χ2n) is 4.79. The van der Waals surface area contributed by atoms with E-state index >= 15 is 0 Å². The van der Waals surface area contributed by atoms with Crippen LogP contribution in [0.3, 0.4) is 0 Å². The lowest BCUT2D eigenvalue weighted by molar-refractivity contribution is -0.120. The summed E-state index contributed by atoms with van der Waals surface area (Å²) in [6.45, 7) is 4.38. The lowest BCUT2D eigenvalue weighted by Gasteiger charge is -2.27. The molecule has 1 aliphatic heterocycles. The number of nitrogens with zero attached hydrogens (tertiary/aromatic N) is 2. The second kappa shape index (κ2) is 5.11. The van der Waals surface area contributed by atoms with Crippen LogP contribution >= 0.6 is 0 Å². The molecule has 1 aromatic carbocycles. The number of rotatable bonds is 2. The maximum absolute atomic E-state index is 11.7. The van der Waals surface area contributed by atoms with E-state index in [0.717, 1.165) is 5.56 Å². The first-order valence-corrected chi connectivity index (χ1v) is 6.18. The van der Waals surface area contributed by atoms with Crippen LogP contribution in [0.2, 0.25) is 0 Å². The molecule has 0 atom stereocenters. The number of hydrogen-bond donors (Lipinski definition) is 1. The zero-order chi connectivity index (χ0) is 14.0. The predicted molar refractivity (Wildman–Crippen MR) is 70.7 cm³/mol. The minimum Gasteiger partial charge on any atom is -0.294 e. The van der Waals surface area contributed by atoms with E-state index in [1.54, 1.807) is 6.07 Å². The average molecular weight is 257 g/mol. The number of nitrogens with one attached hydrogen (secondary N) is 1. The Kier molecular flexibility index (Phi) is 3.52. The topological polar surface area (TPSA) is 73.2 Å². The molecule has 0 spiro atoms. The zero-order valence-corrected chi connectivity index (χ0v) is 10.9. The third-order valence-corrected chi connectivity index (χ3v) is 3.14. The third kappa shape index (κ3) is 2.58. The number of anilines is 1. The Morgan fingerprint density at radius 2 is 2.11 bits per heavy atom. The molecule has 98 valence electrons. The van der Waals surface area contributed by atoms with Crippen LogP contribution in [0.4, 0.5) is 10.5 Å². The van der Waals surface area contributed by atoms with Crippen molar-refractivity contribution in [1.29, 1.82) is 5.26 Å². The minimum atomic E-state index is -0.433. The molecule has 3 amide bonds. The number of amides is 3. The molecule has 0 radical (unpaired) electrons. The van der Waals surface area contributed by atoms with Crippen molar-refractivity contribution in [3.05, 3.63) is 29.3 Å². The normalized spacial score (nSPS) is 15.4. The van der Waals surface area contributed by atoms with Crippen molar-refractivity contribution in [2.24, 2.45) is 0 Å². The second-order valence-corrected chi connectivity index (χ2v) is 4.79. The fraction of sp³-hybridized carbons (Fsp3) is 0.357. The fourth-order valence-corrected chi connectivity index (χ4v) is 2.12. The lowest BCUT2D eigenvalue weighted by atomic mass is 9.97. The molecule has 0 aromatic heterocycles. The number of urea groups is 1. The quantitative estimate of drug-likeness (QED) is 0.882. The SMILES string of the molecule is CC(C)c1ccc(N2CCC(=O)NC2=O)cc1C#N. The molecule has 1 saturated heterocycles. The van der Waals surface area contributed by atoms with Crippen LogP contribution in [0.25, 0.3) is 0 Å². The van der Waals surface area contributed by atoms with Crippen molar-refractivity contribution in [2.75, 3.05) is 11.4 Å². The van der Waals surface area contributed by atoms with Crippen molar-refractivity contribution >= 4 is 17.6 Å². The first-order chi connectivity index (χ1) is 9.02. The number of hydrogen-bond acceptors (Lipinski definition) is 3. The van der Waals surface area contributed by atoms with Crippen molar-refractivity contribution in [1.82, 2.24) is 5.32 Å². The highest BCUT2D eigenvalue weighted by molar-refractivity contribution is 6.05. The molecule has 0 aliphatic carbocycles. The summed E-state index contributed by atoms with van der Waals surface area (Å²) in [5.41, 5.74) is 2.17. The maximum atomic E-state index is 11.7. The smallest absolute Gasteiger partial charge is 0.294 e. The Morgan fingerprint density at radius 3 is 2.68 bits per heavy atom. The van der Waals surface area contributed by atoms with Gasteiger partial charge in [0.25, 0.3) is 0 Å². The van der Waals surface area contributed by atoms with E-state index in [1.165, 1.54) is 4.90 Å². The van der Waals surface area contributed by atoms with E-state index in [4.69, 9.17) is 0 Å². The molecule has 1 fully saturated rings. The predicted octanol–water partition coefficient (Wildman–Crippen LogP) is 2.13. The number of imide groups is 1. The lowest BCUT2D eigenvalue weighted by Crippen LogP contribution is -2.49. The van der Waals surface area contributed by atoms with Gasteiger partial charge in [-0.05, 0) is 23.6 Å². The van der Waals surface area contributed by atoms with Gasteiger partial charge in [-0.15, -0.1) is 0 Å². The van der Waals surface area contributed by atoms with Gasteiger partial charge in [0.1, 0.15) is 0 Å². The molecular weight excluding hydrogens is 242 g/mol. The highest BCUT2D eigenvalue weighted by Crippen LogP contribution is 2.25. The van der Waals surface area contributed by atoms with Gasteiger partial charge in [0.05, 0.1) is 11.6 Å². The molecule has 0 unspecified atom stereocenters. The van der Waals surface area contributed by atoms with E-state index in [9.17, 15) is 14.9 Å². The van der Waals surface area contributed by atoms with Crippen LogP contribution in [-0.2, 0) is 4.79 Å². The number of carbonyl (C=O) groups excluding carboxylic acids is 2. The summed E-state index contributed by atoms with van der Waals surface area (Å²) in [4.78, 5) is 24.3. The van der Waals surface area contributed by atoms with Crippen LogP contribution in [0.1, 0.15) is 37.3 Å².